The van der Waals surface area contributed by atoms with E-state index in [1.807, 2.05) is 0 Å². The normalized spacial score (nSPS) is 12.9. The molecule has 17 heavy (non-hydrogen) atoms. The monoisotopic (exact) mass is 250 g/mol. The summed E-state index contributed by atoms with van der Waals surface area (Å²) in [5, 5.41) is 0. The topological polar surface area (TPSA) is 17.1 Å². The van der Waals surface area contributed by atoms with Gasteiger partial charge >= 0.3 is 6.18 Å². The molecule has 0 atom stereocenters. The van der Waals surface area contributed by atoms with Crippen LogP contribution in [0.15, 0.2) is 11.6 Å². The van der Waals surface area contributed by atoms with E-state index >= 15 is 0 Å². The van der Waals surface area contributed by atoms with Gasteiger partial charge in [-0.1, -0.05) is 44.6 Å². The minimum atomic E-state index is -4.73. The predicted octanol–water partition coefficient (Wildman–Crippen LogP) is 4.81. The van der Waals surface area contributed by atoms with Crippen molar-refractivity contribution in [3.05, 3.63) is 11.6 Å². The molecule has 0 aromatic heterocycles. The first-order valence-electron chi connectivity index (χ1n) is 6.16. The molecule has 0 aliphatic heterocycles. The second-order valence-corrected chi connectivity index (χ2v) is 4.37. The molecule has 0 spiro atoms. The molecule has 0 N–H and O–H groups in total. The van der Waals surface area contributed by atoms with Gasteiger partial charge in [-0.3, -0.25) is 4.79 Å². The van der Waals surface area contributed by atoms with Crippen LogP contribution in [0.1, 0.15) is 58.8 Å². The molecule has 0 aliphatic carbocycles. The zero-order valence-electron chi connectivity index (χ0n) is 10.6. The molecule has 0 unspecified atom stereocenters. The van der Waals surface area contributed by atoms with Gasteiger partial charge in [-0.25, -0.2) is 0 Å². The molecule has 0 amide bonds. The van der Waals surface area contributed by atoms with E-state index in [1.165, 1.54) is 19.3 Å². The molecule has 1 nitrogen and oxygen atoms in total. The van der Waals surface area contributed by atoms with Crippen molar-refractivity contribution in [3.8, 4) is 0 Å². The lowest BCUT2D eigenvalue weighted by Gasteiger charge is -2.04. The van der Waals surface area contributed by atoms with Crippen LogP contribution >= 0.6 is 0 Å². The van der Waals surface area contributed by atoms with Crippen molar-refractivity contribution in [1.29, 1.82) is 0 Å². The molecule has 0 heterocycles. The SMILES string of the molecule is CCCCCCCC/C(C)=C/C(=O)C(F)(F)F. The van der Waals surface area contributed by atoms with Gasteiger partial charge in [0.2, 0.25) is 0 Å². The average Bonchev–Trinajstić information content (AvgIpc) is 2.21. The van der Waals surface area contributed by atoms with Crippen molar-refractivity contribution in [3.63, 3.8) is 0 Å². The lowest BCUT2D eigenvalue weighted by molar-refractivity contribution is -0.165. The molecule has 0 rings (SSSR count). The number of alkyl halides is 3. The number of ketones is 1. The zero-order valence-corrected chi connectivity index (χ0v) is 10.6. The Morgan fingerprint density at radius 2 is 1.59 bits per heavy atom. The Morgan fingerprint density at radius 3 is 2.12 bits per heavy atom. The Bertz CT molecular complexity index is 254. The van der Waals surface area contributed by atoms with Crippen LogP contribution in [0.5, 0.6) is 0 Å². The average molecular weight is 250 g/mol. The molecule has 0 aromatic carbocycles. The Balaban J connectivity index is 3.75. The first-order chi connectivity index (χ1) is 7.88. The van der Waals surface area contributed by atoms with E-state index in [2.05, 4.69) is 6.92 Å². The quantitative estimate of drug-likeness (QED) is 0.446. The van der Waals surface area contributed by atoms with Crippen molar-refractivity contribution >= 4 is 5.78 Å². The number of hydrogen-bond acceptors (Lipinski definition) is 1. The van der Waals surface area contributed by atoms with Gasteiger partial charge in [0, 0.05) is 0 Å². The Morgan fingerprint density at radius 1 is 1.06 bits per heavy atom. The van der Waals surface area contributed by atoms with E-state index in [-0.39, 0.29) is 0 Å². The van der Waals surface area contributed by atoms with Gasteiger partial charge in [0.05, 0.1) is 0 Å². The Labute approximate surface area is 101 Å². The van der Waals surface area contributed by atoms with Crippen LogP contribution in [0.2, 0.25) is 0 Å². The fraction of sp³-hybridized carbons (Fsp3) is 0.769. The summed E-state index contributed by atoms with van der Waals surface area (Å²) in [5.41, 5.74) is 0.516. The highest BCUT2D eigenvalue weighted by Gasteiger charge is 2.36. The first kappa shape index (κ1) is 16.2. The van der Waals surface area contributed by atoms with Crippen molar-refractivity contribution in [2.45, 2.75) is 65.0 Å². The summed E-state index contributed by atoms with van der Waals surface area (Å²) < 4.78 is 35.8. The zero-order chi connectivity index (χ0) is 13.3. The van der Waals surface area contributed by atoms with Crippen LogP contribution < -0.4 is 0 Å². The molecule has 100 valence electrons. The van der Waals surface area contributed by atoms with Gasteiger partial charge in [-0.2, -0.15) is 13.2 Å². The summed E-state index contributed by atoms with van der Waals surface area (Å²) in [5.74, 6) is -1.75. The number of carbonyl (C=O) groups is 1. The second kappa shape index (κ2) is 8.31. The van der Waals surface area contributed by atoms with Crippen molar-refractivity contribution < 1.29 is 18.0 Å². The lowest BCUT2D eigenvalue weighted by Crippen LogP contribution is -2.20. The first-order valence-corrected chi connectivity index (χ1v) is 6.16. The molecular formula is C13H21F3O. The molecule has 0 bridgehead atoms. The van der Waals surface area contributed by atoms with Crippen molar-refractivity contribution in [1.82, 2.24) is 0 Å². The minimum absolute atomic E-state index is 0.516. The molecule has 0 aromatic rings. The lowest BCUT2D eigenvalue weighted by atomic mass is 10.1. The standard InChI is InChI=1S/C13H21F3O/c1-3-4-5-6-7-8-9-11(2)10-12(17)13(14,15)16/h10H,3-9H2,1-2H3/b11-10+. The van der Waals surface area contributed by atoms with Crippen molar-refractivity contribution in [2.75, 3.05) is 0 Å². The molecule has 0 saturated carbocycles. The molecule has 0 saturated heterocycles. The number of allylic oxidation sites excluding steroid dienone is 2. The van der Waals surface area contributed by atoms with Crippen LogP contribution in [0.4, 0.5) is 13.2 Å². The fourth-order valence-electron chi connectivity index (χ4n) is 1.56. The number of halogens is 3. The van der Waals surface area contributed by atoms with E-state index in [4.69, 9.17) is 0 Å². The minimum Gasteiger partial charge on any atom is -0.285 e. The number of rotatable bonds is 8. The summed E-state index contributed by atoms with van der Waals surface area (Å²) in [6.45, 7) is 3.71. The van der Waals surface area contributed by atoms with Crippen LogP contribution in [-0.4, -0.2) is 12.0 Å². The second-order valence-electron chi connectivity index (χ2n) is 4.37. The van der Waals surface area contributed by atoms with Gasteiger partial charge in [0.25, 0.3) is 5.78 Å². The highest BCUT2D eigenvalue weighted by molar-refractivity contribution is 5.94. The molecule has 0 aliphatic rings. The fourth-order valence-corrected chi connectivity index (χ4v) is 1.56. The Kier molecular flexibility index (Phi) is 7.92. The highest BCUT2D eigenvalue weighted by atomic mass is 19.4. The van der Waals surface area contributed by atoms with Crippen LogP contribution in [-0.2, 0) is 4.79 Å². The van der Waals surface area contributed by atoms with E-state index in [1.54, 1.807) is 6.92 Å². The molecule has 4 heteroatoms. The van der Waals surface area contributed by atoms with Crippen molar-refractivity contribution in [2.24, 2.45) is 0 Å². The summed E-state index contributed by atoms with van der Waals surface area (Å²) in [6.07, 6.45) is 3.13. The third-order valence-electron chi connectivity index (χ3n) is 2.58. The maximum Gasteiger partial charge on any atom is 0.454 e. The number of unbranched alkanes of at least 4 members (excludes halogenated alkanes) is 5. The van der Waals surface area contributed by atoms with Crippen LogP contribution in [0, 0.1) is 0 Å². The summed E-state index contributed by atoms with van der Waals surface area (Å²) >= 11 is 0. The summed E-state index contributed by atoms with van der Waals surface area (Å²) in [7, 11) is 0. The third-order valence-corrected chi connectivity index (χ3v) is 2.58. The largest absolute Gasteiger partial charge is 0.454 e. The van der Waals surface area contributed by atoms with Crippen LogP contribution in [0.3, 0.4) is 0 Å². The third kappa shape index (κ3) is 8.95. The van der Waals surface area contributed by atoms with Crippen LogP contribution in [0.25, 0.3) is 0 Å². The van der Waals surface area contributed by atoms with Gasteiger partial charge in [-0.15, -0.1) is 0 Å². The van der Waals surface area contributed by atoms with E-state index in [9.17, 15) is 18.0 Å². The highest BCUT2D eigenvalue weighted by Crippen LogP contribution is 2.19. The molecular weight excluding hydrogens is 229 g/mol. The van der Waals surface area contributed by atoms with Gasteiger partial charge in [-0.05, 0) is 25.8 Å². The number of hydrogen-bond donors (Lipinski definition) is 0. The summed E-state index contributed by atoms with van der Waals surface area (Å²) in [6, 6.07) is 0. The van der Waals surface area contributed by atoms with Gasteiger partial charge in [0.1, 0.15) is 0 Å². The summed E-state index contributed by atoms with van der Waals surface area (Å²) in [4.78, 5) is 10.6. The van der Waals surface area contributed by atoms with Gasteiger partial charge in [0.15, 0.2) is 0 Å². The molecule has 0 fully saturated rings. The van der Waals surface area contributed by atoms with Gasteiger partial charge < -0.3 is 0 Å². The van der Waals surface area contributed by atoms with E-state index in [0.29, 0.717) is 18.1 Å². The maximum atomic E-state index is 11.9. The molecule has 0 radical (unpaired) electrons. The Hall–Kier alpha value is -0.800. The van der Waals surface area contributed by atoms with E-state index in [0.717, 1.165) is 19.3 Å². The van der Waals surface area contributed by atoms with E-state index < -0.39 is 12.0 Å². The smallest absolute Gasteiger partial charge is 0.285 e. The maximum absolute atomic E-state index is 11.9. The number of carbonyl (C=O) groups excluding carboxylic acids is 1. The predicted molar refractivity (Wildman–Crippen MR) is 62.8 cm³/mol.